The molecule has 0 aromatic heterocycles. The van der Waals surface area contributed by atoms with Crippen molar-refractivity contribution in [1.82, 2.24) is 0 Å². The van der Waals surface area contributed by atoms with Gasteiger partial charge in [0.25, 0.3) is 0 Å². The zero-order valence-corrected chi connectivity index (χ0v) is 9.22. The van der Waals surface area contributed by atoms with E-state index in [9.17, 15) is 3.89 Å². The van der Waals surface area contributed by atoms with Crippen molar-refractivity contribution in [2.45, 2.75) is 12.3 Å². The number of rotatable bonds is 3. The average molecular weight is 221 g/mol. The smallest absolute Gasteiger partial charge is 0.101 e. The predicted octanol–water partition coefficient (Wildman–Crippen LogP) is 4.22. The zero-order chi connectivity index (χ0) is 10.7. The minimum Gasteiger partial charge on any atom is -0.371 e. The Morgan fingerprint density at radius 2 is 1.87 bits per heavy atom. The average Bonchev–Trinajstić information content (AvgIpc) is 2.29. The predicted molar refractivity (Wildman–Crippen MR) is 65.7 cm³/mol. The first-order chi connectivity index (χ1) is 7.29. The molecule has 2 rings (SSSR count). The van der Waals surface area contributed by atoms with Gasteiger partial charge in [-0.05, 0) is 29.8 Å². The summed E-state index contributed by atoms with van der Waals surface area (Å²) in [7, 11) is 0. The summed E-state index contributed by atoms with van der Waals surface area (Å²) >= 11 is 0.314. The van der Waals surface area contributed by atoms with E-state index in [2.05, 4.69) is 11.4 Å². The Morgan fingerprint density at radius 1 is 1.13 bits per heavy atom. The molecule has 0 heterocycles. The highest BCUT2D eigenvalue weighted by molar-refractivity contribution is 7.95. The number of fused-ring (bicyclic) bond motifs is 1. The highest BCUT2D eigenvalue weighted by atomic mass is 32.2. The molecule has 0 saturated heterocycles. The number of hydrogen-bond donors (Lipinski definition) is 1. The molecule has 0 radical (unpaired) electrons. The Labute approximate surface area is 93.0 Å². The van der Waals surface area contributed by atoms with Crippen LogP contribution in [0.5, 0.6) is 0 Å². The van der Waals surface area contributed by atoms with Crippen molar-refractivity contribution < 1.29 is 3.89 Å². The summed E-state index contributed by atoms with van der Waals surface area (Å²) in [6.45, 7) is 1.79. The van der Waals surface area contributed by atoms with Crippen LogP contribution in [0.1, 0.15) is 6.92 Å². The lowest BCUT2D eigenvalue weighted by molar-refractivity contribution is 0.909. The van der Waals surface area contributed by atoms with Crippen LogP contribution in [0, 0.1) is 0 Å². The Hall–Kier alpha value is -1.22. The summed E-state index contributed by atoms with van der Waals surface area (Å²) in [4.78, 5) is 0. The van der Waals surface area contributed by atoms with Crippen LogP contribution in [-0.2, 0) is 0 Å². The van der Waals surface area contributed by atoms with Crippen molar-refractivity contribution >= 4 is 28.6 Å². The van der Waals surface area contributed by atoms with E-state index < -0.39 is 0 Å². The molecule has 0 fully saturated rings. The number of nitrogens with one attached hydrogen (secondary N) is 1. The molecule has 78 valence electrons. The van der Waals surface area contributed by atoms with E-state index in [4.69, 9.17) is 0 Å². The van der Waals surface area contributed by atoms with Crippen LogP contribution in [0.25, 0.3) is 10.8 Å². The van der Waals surface area contributed by atoms with Gasteiger partial charge < -0.3 is 5.32 Å². The summed E-state index contributed by atoms with van der Waals surface area (Å²) in [6, 6.07) is 14.2. The third-order valence-corrected chi connectivity index (χ3v) is 2.64. The third kappa shape index (κ3) is 2.42. The summed E-state index contributed by atoms with van der Waals surface area (Å²) in [5.74, 6) is 0. The Balaban J connectivity index is 2.30. The largest absolute Gasteiger partial charge is 0.371 e. The van der Waals surface area contributed by atoms with Crippen LogP contribution in [0.4, 0.5) is 9.57 Å². The van der Waals surface area contributed by atoms with E-state index in [0.717, 1.165) is 5.69 Å². The maximum Gasteiger partial charge on any atom is 0.101 e. The number of benzene rings is 2. The van der Waals surface area contributed by atoms with Gasteiger partial charge in [0.1, 0.15) is 5.37 Å². The second-order valence-electron chi connectivity index (χ2n) is 3.44. The fourth-order valence-corrected chi connectivity index (χ4v) is 1.72. The molecule has 0 amide bonds. The molecule has 0 aliphatic carbocycles. The van der Waals surface area contributed by atoms with Gasteiger partial charge in [-0.1, -0.05) is 30.3 Å². The van der Waals surface area contributed by atoms with Crippen LogP contribution in [0.15, 0.2) is 42.5 Å². The second kappa shape index (κ2) is 4.53. The van der Waals surface area contributed by atoms with E-state index in [1.54, 1.807) is 6.92 Å². The minimum atomic E-state index is -0.217. The molecule has 1 nitrogen and oxygen atoms in total. The van der Waals surface area contributed by atoms with Gasteiger partial charge in [0.15, 0.2) is 0 Å². The van der Waals surface area contributed by atoms with Gasteiger partial charge in [-0.2, -0.15) is 3.89 Å². The van der Waals surface area contributed by atoms with Gasteiger partial charge in [-0.25, -0.2) is 0 Å². The molecule has 2 aromatic carbocycles. The molecule has 0 spiro atoms. The first-order valence-corrected chi connectivity index (χ1v) is 5.60. The molecule has 1 unspecified atom stereocenters. The van der Waals surface area contributed by atoms with Crippen molar-refractivity contribution in [2.24, 2.45) is 0 Å². The summed E-state index contributed by atoms with van der Waals surface area (Å²) in [5, 5.41) is 5.22. The summed E-state index contributed by atoms with van der Waals surface area (Å²) in [5.41, 5.74) is 0.950. The van der Waals surface area contributed by atoms with E-state index in [1.807, 2.05) is 36.4 Å². The minimum absolute atomic E-state index is 0.217. The molecule has 0 aliphatic heterocycles. The van der Waals surface area contributed by atoms with Crippen molar-refractivity contribution in [3.05, 3.63) is 42.5 Å². The molecule has 0 saturated carbocycles. The summed E-state index contributed by atoms with van der Waals surface area (Å²) < 4.78 is 12.2. The SMILES string of the molecule is CC(Nc1ccc2ccccc2c1)SF. The van der Waals surface area contributed by atoms with Crippen LogP contribution in [0.2, 0.25) is 0 Å². The fraction of sp³-hybridized carbons (Fsp3) is 0.167. The van der Waals surface area contributed by atoms with Gasteiger partial charge in [-0.3, -0.25) is 0 Å². The van der Waals surface area contributed by atoms with Crippen LogP contribution < -0.4 is 5.32 Å². The monoisotopic (exact) mass is 221 g/mol. The van der Waals surface area contributed by atoms with Crippen LogP contribution in [-0.4, -0.2) is 5.37 Å². The van der Waals surface area contributed by atoms with E-state index in [0.29, 0.717) is 12.1 Å². The molecule has 1 atom stereocenters. The number of anilines is 1. The maximum atomic E-state index is 12.2. The van der Waals surface area contributed by atoms with Gasteiger partial charge in [0, 0.05) is 5.69 Å². The van der Waals surface area contributed by atoms with Gasteiger partial charge in [0.2, 0.25) is 0 Å². The van der Waals surface area contributed by atoms with Crippen molar-refractivity contribution in [3.63, 3.8) is 0 Å². The van der Waals surface area contributed by atoms with Crippen LogP contribution in [0.3, 0.4) is 0 Å². The van der Waals surface area contributed by atoms with Gasteiger partial charge in [0.05, 0.1) is 12.1 Å². The lowest BCUT2D eigenvalue weighted by Crippen LogP contribution is -2.08. The highest BCUT2D eigenvalue weighted by Crippen LogP contribution is 2.21. The zero-order valence-electron chi connectivity index (χ0n) is 8.41. The quantitative estimate of drug-likeness (QED) is 0.779. The first-order valence-electron chi connectivity index (χ1n) is 4.82. The molecular formula is C12H12FNS. The molecule has 1 N–H and O–H groups in total. The van der Waals surface area contributed by atoms with Gasteiger partial charge >= 0.3 is 0 Å². The van der Waals surface area contributed by atoms with E-state index >= 15 is 0 Å². The number of hydrogen-bond acceptors (Lipinski definition) is 2. The van der Waals surface area contributed by atoms with Crippen molar-refractivity contribution in [2.75, 3.05) is 5.32 Å². The highest BCUT2D eigenvalue weighted by Gasteiger charge is 2.02. The topological polar surface area (TPSA) is 12.0 Å². The van der Waals surface area contributed by atoms with Crippen molar-refractivity contribution in [1.29, 1.82) is 0 Å². The number of halogens is 1. The van der Waals surface area contributed by atoms with Crippen molar-refractivity contribution in [3.8, 4) is 0 Å². The Morgan fingerprint density at radius 3 is 2.60 bits per heavy atom. The molecule has 3 heteroatoms. The molecule has 15 heavy (non-hydrogen) atoms. The standard InChI is InChI=1S/C12H12FNS/c1-9(15-13)14-12-7-6-10-4-2-3-5-11(10)8-12/h2-9,14H,1H3. The second-order valence-corrected chi connectivity index (χ2v) is 4.32. The van der Waals surface area contributed by atoms with E-state index in [-0.39, 0.29) is 5.37 Å². The molecular weight excluding hydrogens is 209 g/mol. The lowest BCUT2D eigenvalue weighted by atomic mass is 10.1. The summed E-state index contributed by atoms with van der Waals surface area (Å²) in [6.07, 6.45) is 0. The third-order valence-electron chi connectivity index (χ3n) is 2.25. The molecule has 0 bridgehead atoms. The van der Waals surface area contributed by atoms with Gasteiger partial charge in [-0.15, -0.1) is 0 Å². The van der Waals surface area contributed by atoms with E-state index in [1.165, 1.54) is 10.8 Å². The Kier molecular flexibility index (Phi) is 3.11. The normalized spacial score (nSPS) is 12.7. The molecule has 2 aromatic rings. The van der Waals surface area contributed by atoms with Crippen LogP contribution >= 0.6 is 12.1 Å². The Bertz CT molecular complexity index is 458. The fourth-order valence-electron chi connectivity index (χ4n) is 1.54. The lowest BCUT2D eigenvalue weighted by Gasteiger charge is -2.10. The molecule has 0 aliphatic rings. The maximum absolute atomic E-state index is 12.2. The first kappa shape index (κ1) is 10.3.